The van der Waals surface area contributed by atoms with Crippen LogP contribution in [0.2, 0.25) is 0 Å². The molecule has 4 heteroatoms. The quantitative estimate of drug-likeness (QED) is 0.570. The first-order valence-corrected chi connectivity index (χ1v) is 5.74. The zero-order valence-electron chi connectivity index (χ0n) is 9.60. The smallest absolute Gasteiger partial charge is 0.123 e. The SMILES string of the molecule is O/N=C1\c2cc(F)ccc2CCc2ncccc21. The zero-order chi connectivity index (χ0) is 12.5. The number of benzene rings is 1. The van der Waals surface area contributed by atoms with Gasteiger partial charge in [-0.3, -0.25) is 4.98 Å². The van der Waals surface area contributed by atoms with Gasteiger partial charge in [-0.25, -0.2) is 4.39 Å². The van der Waals surface area contributed by atoms with Gasteiger partial charge in [-0.2, -0.15) is 0 Å². The van der Waals surface area contributed by atoms with Crippen molar-refractivity contribution in [2.24, 2.45) is 5.16 Å². The van der Waals surface area contributed by atoms with Crippen LogP contribution in [0.1, 0.15) is 22.4 Å². The summed E-state index contributed by atoms with van der Waals surface area (Å²) >= 11 is 0. The lowest BCUT2D eigenvalue weighted by molar-refractivity contribution is 0.319. The Balaban J connectivity index is 2.27. The highest BCUT2D eigenvalue weighted by Gasteiger charge is 2.21. The fourth-order valence-electron chi connectivity index (χ4n) is 2.35. The van der Waals surface area contributed by atoms with E-state index in [0.29, 0.717) is 11.3 Å². The summed E-state index contributed by atoms with van der Waals surface area (Å²) in [6.07, 6.45) is 3.23. The number of aromatic nitrogens is 1. The highest BCUT2D eigenvalue weighted by Crippen LogP contribution is 2.24. The van der Waals surface area contributed by atoms with Crippen LogP contribution in [-0.4, -0.2) is 15.9 Å². The molecule has 0 spiro atoms. The van der Waals surface area contributed by atoms with Crippen molar-refractivity contribution in [2.75, 3.05) is 0 Å². The fraction of sp³-hybridized carbons (Fsp3) is 0.143. The maximum Gasteiger partial charge on any atom is 0.123 e. The van der Waals surface area contributed by atoms with Crippen molar-refractivity contribution in [1.82, 2.24) is 4.98 Å². The van der Waals surface area contributed by atoms with E-state index in [1.807, 2.05) is 6.07 Å². The second kappa shape index (κ2) is 4.22. The second-order valence-electron chi connectivity index (χ2n) is 4.25. The molecule has 0 bridgehead atoms. The number of hydrogen-bond acceptors (Lipinski definition) is 3. The van der Waals surface area contributed by atoms with Crippen molar-refractivity contribution in [3.05, 3.63) is 64.7 Å². The molecule has 1 N–H and O–H groups in total. The molecular weight excluding hydrogens is 231 g/mol. The van der Waals surface area contributed by atoms with E-state index in [-0.39, 0.29) is 5.82 Å². The van der Waals surface area contributed by atoms with E-state index in [2.05, 4.69) is 10.1 Å². The molecule has 0 unspecified atom stereocenters. The van der Waals surface area contributed by atoms with Crippen molar-refractivity contribution < 1.29 is 9.60 Å². The predicted octanol–water partition coefficient (Wildman–Crippen LogP) is 2.55. The van der Waals surface area contributed by atoms with E-state index >= 15 is 0 Å². The van der Waals surface area contributed by atoms with E-state index in [1.54, 1.807) is 18.3 Å². The van der Waals surface area contributed by atoms with Gasteiger partial charge in [0.25, 0.3) is 0 Å². The van der Waals surface area contributed by atoms with Gasteiger partial charge in [-0.05, 0) is 42.7 Å². The minimum absolute atomic E-state index is 0.331. The third-order valence-corrected chi connectivity index (χ3v) is 3.20. The van der Waals surface area contributed by atoms with Crippen LogP contribution < -0.4 is 0 Å². The third-order valence-electron chi connectivity index (χ3n) is 3.20. The topological polar surface area (TPSA) is 45.5 Å². The molecule has 1 aromatic carbocycles. The van der Waals surface area contributed by atoms with Crippen molar-refractivity contribution in [2.45, 2.75) is 12.8 Å². The molecule has 0 saturated heterocycles. The normalized spacial score (nSPS) is 15.9. The third kappa shape index (κ3) is 1.66. The number of fused-ring (bicyclic) bond motifs is 2. The summed E-state index contributed by atoms with van der Waals surface area (Å²) in [7, 11) is 0. The Morgan fingerprint density at radius 3 is 2.89 bits per heavy atom. The van der Waals surface area contributed by atoms with Crippen LogP contribution in [0.25, 0.3) is 0 Å². The fourth-order valence-corrected chi connectivity index (χ4v) is 2.35. The van der Waals surface area contributed by atoms with Crippen LogP contribution in [0.5, 0.6) is 0 Å². The first kappa shape index (κ1) is 10.9. The van der Waals surface area contributed by atoms with Gasteiger partial charge in [0.05, 0.1) is 5.69 Å². The van der Waals surface area contributed by atoms with Crippen molar-refractivity contribution in [3.63, 3.8) is 0 Å². The number of nitrogens with zero attached hydrogens (tertiary/aromatic N) is 2. The molecule has 1 heterocycles. The summed E-state index contributed by atoms with van der Waals surface area (Å²) in [5.41, 5.74) is 3.66. The molecule has 0 atom stereocenters. The largest absolute Gasteiger partial charge is 0.410 e. The molecule has 0 saturated carbocycles. The minimum Gasteiger partial charge on any atom is -0.410 e. The average molecular weight is 242 g/mol. The summed E-state index contributed by atoms with van der Waals surface area (Å²) in [5.74, 6) is -0.331. The van der Waals surface area contributed by atoms with Crippen LogP contribution in [0.4, 0.5) is 4.39 Å². The van der Waals surface area contributed by atoms with Gasteiger partial charge in [0.15, 0.2) is 0 Å². The van der Waals surface area contributed by atoms with E-state index in [4.69, 9.17) is 0 Å². The van der Waals surface area contributed by atoms with Crippen LogP contribution in [0.3, 0.4) is 0 Å². The highest BCUT2D eigenvalue weighted by atomic mass is 19.1. The van der Waals surface area contributed by atoms with E-state index < -0.39 is 0 Å². The van der Waals surface area contributed by atoms with Crippen molar-refractivity contribution >= 4 is 5.71 Å². The Kier molecular flexibility index (Phi) is 2.55. The van der Waals surface area contributed by atoms with E-state index in [0.717, 1.165) is 29.7 Å². The number of hydrogen-bond donors (Lipinski definition) is 1. The molecule has 2 aromatic rings. The van der Waals surface area contributed by atoms with Crippen molar-refractivity contribution in [3.8, 4) is 0 Å². The number of aryl methyl sites for hydroxylation is 2. The Labute approximate surface area is 104 Å². The summed E-state index contributed by atoms with van der Waals surface area (Å²) in [6.45, 7) is 0. The van der Waals surface area contributed by atoms with Gasteiger partial charge in [-0.15, -0.1) is 0 Å². The Bertz CT molecular complexity index is 637. The molecule has 3 rings (SSSR count). The number of pyridine rings is 1. The van der Waals surface area contributed by atoms with Gasteiger partial charge in [0.2, 0.25) is 0 Å². The second-order valence-corrected chi connectivity index (χ2v) is 4.25. The standard InChI is InChI=1S/C14H11FN2O/c15-10-5-3-9-4-6-13-11(2-1-7-16-13)14(17-18)12(9)8-10/h1-3,5,7-8,18H,4,6H2/b17-14-. The van der Waals surface area contributed by atoms with Gasteiger partial charge in [0, 0.05) is 17.3 Å². The molecule has 0 aliphatic heterocycles. The number of oxime groups is 1. The molecule has 90 valence electrons. The van der Waals surface area contributed by atoms with Crippen LogP contribution >= 0.6 is 0 Å². The van der Waals surface area contributed by atoms with E-state index in [9.17, 15) is 9.60 Å². The number of rotatable bonds is 0. The zero-order valence-corrected chi connectivity index (χ0v) is 9.60. The summed E-state index contributed by atoms with van der Waals surface area (Å²) in [5, 5.41) is 12.6. The maximum absolute atomic E-state index is 13.4. The molecule has 1 aromatic heterocycles. The molecule has 18 heavy (non-hydrogen) atoms. The van der Waals surface area contributed by atoms with Crippen LogP contribution in [0.15, 0.2) is 41.7 Å². The molecule has 1 aliphatic carbocycles. The van der Waals surface area contributed by atoms with Crippen LogP contribution in [0, 0.1) is 5.82 Å². The average Bonchev–Trinajstić information content (AvgIpc) is 2.54. The monoisotopic (exact) mass is 242 g/mol. The molecule has 0 amide bonds. The maximum atomic E-state index is 13.4. The lowest BCUT2D eigenvalue weighted by Gasteiger charge is -2.07. The molecular formula is C14H11FN2O. The Hall–Kier alpha value is -2.23. The Morgan fingerprint density at radius 2 is 2.06 bits per heavy atom. The lowest BCUT2D eigenvalue weighted by atomic mass is 9.99. The van der Waals surface area contributed by atoms with Crippen molar-refractivity contribution in [1.29, 1.82) is 0 Å². The first-order chi connectivity index (χ1) is 8.79. The Morgan fingerprint density at radius 1 is 1.17 bits per heavy atom. The summed E-state index contributed by atoms with van der Waals surface area (Å²) in [6, 6.07) is 8.21. The molecule has 1 aliphatic rings. The molecule has 3 nitrogen and oxygen atoms in total. The summed E-state index contributed by atoms with van der Waals surface area (Å²) < 4.78 is 13.4. The molecule has 0 fully saturated rings. The highest BCUT2D eigenvalue weighted by molar-refractivity contribution is 6.14. The van der Waals surface area contributed by atoms with Gasteiger partial charge in [0.1, 0.15) is 11.5 Å². The van der Waals surface area contributed by atoms with Gasteiger partial charge in [-0.1, -0.05) is 11.2 Å². The minimum atomic E-state index is -0.331. The molecule has 0 radical (unpaired) electrons. The number of halogens is 1. The van der Waals surface area contributed by atoms with Gasteiger partial charge < -0.3 is 5.21 Å². The summed E-state index contributed by atoms with van der Waals surface area (Å²) in [4.78, 5) is 4.30. The van der Waals surface area contributed by atoms with E-state index in [1.165, 1.54) is 12.1 Å². The lowest BCUT2D eigenvalue weighted by Crippen LogP contribution is -2.07. The first-order valence-electron chi connectivity index (χ1n) is 5.74. The van der Waals surface area contributed by atoms with Gasteiger partial charge >= 0.3 is 0 Å². The predicted molar refractivity (Wildman–Crippen MR) is 65.5 cm³/mol. The van der Waals surface area contributed by atoms with Crippen LogP contribution in [-0.2, 0) is 12.8 Å².